The number of rotatable bonds is 13. The van der Waals surface area contributed by atoms with Gasteiger partial charge in [-0.05, 0) is 195 Å². The molecule has 36 heteroatoms. The van der Waals surface area contributed by atoms with Crippen LogP contribution >= 0.6 is 83.5 Å². The van der Waals surface area contributed by atoms with Crippen LogP contribution in [0.1, 0.15) is 123 Å². The van der Waals surface area contributed by atoms with Gasteiger partial charge in [0.25, 0.3) is 23.6 Å². The zero-order valence-corrected chi connectivity index (χ0v) is 85.7. The van der Waals surface area contributed by atoms with Gasteiger partial charge < -0.3 is 64.3 Å². The van der Waals surface area contributed by atoms with Gasteiger partial charge in [-0.3, -0.25) is 19.2 Å². The number of ether oxygens (including phenoxy) is 2. The summed E-state index contributed by atoms with van der Waals surface area (Å²) in [6, 6.07) is 67.7. The molecule has 5 atom stereocenters. The number of nitriles is 3. The van der Waals surface area contributed by atoms with E-state index >= 15 is 4.39 Å². The standard InChI is InChI=1S/C26H26FN3O2.C21H17BrFN3O.C18H13BrFN3O.C16H12BrFN2O.C9H5BrFNO2.C5H9O.C3H6O4S.HI.Zn/c1-17-15-26(17,16-28)30-23(25(31)29(2)21-6-4-3-5-7-21)14-20-12-19(13-22(27)24(20)30)18-8-10-32-11-9-18;1-13-11-21(13,12-24)26-18(9-14-8-15(22)10-17(23)19(14)26)20(27)25(2)16-6-4-3-5-7-16;1-22(14-5-3-2-4-6-14)18(24)16-10-12-9-13(19)11-15(20)17(12)23(16)8-7-21;1-20(12-5-3-2-4-6-12)16(21)14-8-10-7-11(17)9-13(18)15(10)19-14;10-5-1-4-2-7(9(13)14)12-8(4)6(11)3-5;1-2-4-6-5-3-1;1-3-2-6-8(4,5)7-3;;/h3-7,12-14,17-18H,8-11,15H2,1-2H3;3-10,13H,11H2,1-2H3;2-6,9-11H,8H2,1H3;2-9,19H,1H3;1-3,12H,(H,13,14);1H,2-5H2;3H,2H2,1H3;1H;/q;;;;;-1;;;+2/p-1/t17-,26+;13-,21+;;;;;3-;;/m00....1../s1. The van der Waals surface area contributed by atoms with E-state index in [1.807, 2.05) is 147 Å². The van der Waals surface area contributed by atoms with Crippen LogP contribution in [0.5, 0.6) is 0 Å². The van der Waals surface area contributed by atoms with Gasteiger partial charge in [0.1, 0.15) is 81.3 Å². The van der Waals surface area contributed by atoms with E-state index in [0.29, 0.717) is 105 Å². The number of carboxylic acids is 1. The second-order valence-electron chi connectivity index (χ2n) is 32.0. The quantitative estimate of drug-likeness (QED) is 0.0418. The van der Waals surface area contributed by atoms with Crippen LogP contribution in [0.2, 0.25) is 0 Å². The fraction of sp³-hybridized carbons (Fsp3) is 0.255. The molecule has 0 radical (unpaired) electrons. The monoisotopic (exact) mass is 2260 g/mol. The van der Waals surface area contributed by atoms with Crippen molar-refractivity contribution in [2.75, 3.05) is 80.8 Å². The minimum atomic E-state index is -3.60. The normalized spacial score (nSPS) is 17.7. The number of aromatic amines is 2. The third-order valence-electron chi connectivity index (χ3n) is 23.1. The second kappa shape index (κ2) is 45.2. The number of fused-ring (bicyclic) bond motifs is 5. The van der Waals surface area contributed by atoms with Gasteiger partial charge in [-0.25, -0.2) is 35.1 Å². The summed E-state index contributed by atoms with van der Waals surface area (Å²) < 4.78 is 118. The van der Waals surface area contributed by atoms with Crippen LogP contribution in [-0.2, 0) is 60.6 Å². The molecule has 4 amide bonds. The van der Waals surface area contributed by atoms with Crippen LogP contribution in [0.4, 0.5) is 44.7 Å². The molecule has 3 aliphatic heterocycles. The molecule has 24 nitrogen and oxygen atoms in total. The number of aromatic carboxylic acids is 1. The maximum atomic E-state index is 15.6. The molecule has 5 aromatic heterocycles. The van der Waals surface area contributed by atoms with E-state index in [-0.39, 0.29) is 94.7 Å². The third kappa shape index (κ3) is 23.5. The number of halogens is 10. The summed E-state index contributed by atoms with van der Waals surface area (Å²) in [5, 5.41) is 40.7. The number of anilines is 4. The first-order chi connectivity index (χ1) is 64.1. The van der Waals surface area contributed by atoms with E-state index in [2.05, 4.69) is 120 Å². The maximum absolute atomic E-state index is 15.6. The number of H-pyrrole nitrogens is 2. The fourth-order valence-corrected chi connectivity index (χ4v) is 18.6. The summed E-state index contributed by atoms with van der Waals surface area (Å²) in [6.45, 7) is 8.82. The minimum absolute atomic E-state index is 0.0167. The summed E-state index contributed by atoms with van der Waals surface area (Å²) in [5.41, 5.74) is 4.85. The van der Waals surface area contributed by atoms with Crippen molar-refractivity contribution in [1.82, 2.24) is 23.7 Å². The van der Waals surface area contributed by atoms with Crippen molar-refractivity contribution in [3.05, 3.63) is 300 Å². The average Bonchev–Trinajstić information content (AvgIpc) is 1.54. The first-order valence-electron chi connectivity index (χ1n) is 42.0. The molecule has 134 heavy (non-hydrogen) atoms. The Hall–Kier alpha value is -10.8. The number of aromatic nitrogens is 5. The molecule has 9 aromatic carbocycles. The molecule has 0 unspecified atom stereocenters. The number of carbonyl (C=O) groups is 5. The van der Waals surface area contributed by atoms with Gasteiger partial charge in [0.05, 0.1) is 52.4 Å². The summed E-state index contributed by atoms with van der Waals surface area (Å²) in [4.78, 5) is 74.3. The van der Waals surface area contributed by atoms with E-state index in [4.69, 9.17) is 19.8 Å². The predicted octanol–water partition coefficient (Wildman–Crippen LogP) is 23.3. The van der Waals surface area contributed by atoms with Crippen LogP contribution in [0.3, 0.4) is 0 Å². The second-order valence-corrected chi connectivity index (χ2v) is 36.9. The van der Waals surface area contributed by atoms with Gasteiger partial charge in [0, 0.05) is 122 Å². The van der Waals surface area contributed by atoms with Crippen LogP contribution < -0.4 is 19.6 Å². The van der Waals surface area contributed by atoms with Crippen molar-refractivity contribution in [3.8, 4) is 18.2 Å². The molecule has 5 aliphatic rings. The molecule has 0 spiro atoms. The SMILES string of the molecule is CN(C(=O)c1cc2cc(Br)cc(F)c2[nH]1)c1ccccc1.CN(C(=O)c1cc2cc(Br)cc(F)c2n1CC#N)c1ccccc1.C[C@@H]1COS(=O)(=O)O1.C[C@H]1C[C@]1(C#N)n1c(C(=O)N(C)c2ccccc2)cc2cc(Br)cc(F)c21.C[C@H]1C[C@]1(C#N)n1c(C(=O)N(C)c2ccccc2)cc2cc(C3CCOCC3)cc(F)c21.O=C(O)c1cc2cc(Br)cc(F)c2[nH]1.[CH-]1CCOCC1.[Zn+][I]. The molecule has 0 bridgehead atoms. The third-order valence-corrected chi connectivity index (χ3v) is 25.9. The van der Waals surface area contributed by atoms with Crippen molar-refractivity contribution < 1.29 is 92.1 Å². The van der Waals surface area contributed by atoms with E-state index in [1.165, 1.54) is 64.4 Å². The molecular formula is C98H88Br4F5IN12O12SZn. The summed E-state index contributed by atoms with van der Waals surface area (Å²) in [5.74, 6) is -3.97. The van der Waals surface area contributed by atoms with Crippen molar-refractivity contribution in [1.29, 1.82) is 15.8 Å². The van der Waals surface area contributed by atoms with Gasteiger partial charge in [-0.15, -0.1) is 0 Å². The zero-order valence-electron chi connectivity index (χ0n) is 73.4. The van der Waals surface area contributed by atoms with Gasteiger partial charge >= 0.3 is 50.9 Å². The Morgan fingerprint density at radius 3 is 1.20 bits per heavy atom. The number of para-hydroxylation sites is 4. The van der Waals surface area contributed by atoms with Crippen molar-refractivity contribution in [3.63, 3.8) is 0 Å². The van der Waals surface area contributed by atoms with Crippen molar-refractivity contribution in [2.24, 2.45) is 11.8 Å². The van der Waals surface area contributed by atoms with E-state index in [9.17, 15) is 60.5 Å². The number of hydrogen-bond acceptors (Lipinski definition) is 14. The first-order valence-corrected chi connectivity index (χ1v) is 55.5. The summed E-state index contributed by atoms with van der Waals surface area (Å²) in [6.07, 6.45) is 7.16. The number of nitrogens with zero attached hydrogens (tertiary/aromatic N) is 10. The van der Waals surface area contributed by atoms with Gasteiger partial charge in [0.15, 0.2) is 0 Å². The summed E-state index contributed by atoms with van der Waals surface area (Å²) >= 11 is 16.5. The van der Waals surface area contributed by atoms with Gasteiger partial charge in [-0.1, -0.05) is 150 Å². The molecule has 8 heterocycles. The van der Waals surface area contributed by atoms with Crippen LogP contribution in [-0.4, -0.2) is 134 Å². The Balaban J connectivity index is 0.000000147. The molecule has 2 saturated carbocycles. The summed E-state index contributed by atoms with van der Waals surface area (Å²) in [7, 11) is 3.13. The number of carbonyl (C=O) groups excluding carboxylic acids is 4. The molecule has 690 valence electrons. The van der Waals surface area contributed by atoms with Crippen molar-refractivity contribution in [2.45, 2.75) is 88.9 Å². The Morgan fingerprint density at radius 1 is 0.493 bits per heavy atom. The molecule has 14 aromatic rings. The topological polar surface area (TPSA) is 307 Å². The van der Waals surface area contributed by atoms with Crippen LogP contribution in [0.25, 0.3) is 54.5 Å². The Morgan fingerprint density at radius 2 is 0.843 bits per heavy atom. The average molecular weight is 2260 g/mol. The van der Waals surface area contributed by atoms with Crippen molar-refractivity contribution >= 4 is 201 Å². The number of amides is 4. The van der Waals surface area contributed by atoms with E-state index in [1.54, 1.807) is 104 Å². The molecule has 3 N–H and O–H groups in total. The van der Waals surface area contributed by atoms with E-state index in [0.717, 1.165) is 67.2 Å². The Labute approximate surface area is 824 Å². The number of benzene rings is 9. The van der Waals surface area contributed by atoms with Gasteiger partial charge in [-0.2, -0.15) is 37.0 Å². The number of nitrogens with one attached hydrogen (secondary N) is 2. The fourth-order valence-electron chi connectivity index (χ4n) is 15.9. The van der Waals surface area contributed by atoms with E-state index < -0.39 is 44.9 Å². The first kappa shape index (κ1) is 102. The number of hydrogen-bond donors (Lipinski definition) is 3. The molecule has 5 fully saturated rings. The predicted molar refractivity (Wildman–Crippen MR) is 524 cm³/mol. The Bertz CT molecular complexity index is 6920. The number of carboxylic acid groups (broad SMARTS) is 1. The molecular weight excluding hydrogens is 2180 g/mol. The molecule has 19 rings (SSSR count). The molecule has 3 saturated heterocycles. The Kier molecular flexibility index (Phi) is 34.5. The molecule has 2 aliphatic carbocycles. The zero-order chi connectivity index (χ0) is 96.8. The van der Waals surface area contributed by atoms with Crippen LogP contribution in [0.15, 0.2) is 230 Å². The van der Waals surface area contributed by atoms with Gasteiger partial charge in [0.2, 0.25) is 0 Å². The van der Waals surface area contributed by atoms with Crippen LogP contribution in [0, 0.1) is 81.3 Å².